The number of hydrogen-bond acceptors (Lipinski definition) is 0. The summed E-state index contributed by atoms with van der Waals surface area (Å²) in [7, 11) is 0. The zero-order valence-electron chi connectivity index (χ0n) is 17.5. The summed E-state index contributed by atoms with van der Waals surface area (Å²) in [5.41, 5.74) is 3.14. The molecule has 0 radical (unpaired) electrons. The molecule has 0 aromatic carbocycles. The van der Waals surface area contributed by atoms with Gasteiger partial charge in [0.05, 0.1) is 0 Å². The van der Waals surface area contributed by atoms with Crippen molar-refractivity contribution in [2.45, 2.75) is 124 Å². The molecule has 0 aliphatic carbocycles. The summed E-state index contributed by atoms with van der Waals surface area (Å²) in [5.74, 6) is 0. The van der Waals surface area contributed by atoms with Crippen LogP contribution in [0.2, 0.25) is 0 Å². The topological polar surface area (TPSA) is 3.88 Å². The van der Waals surface area contributed by atoms with Gasteiger partial charge in [0.25, 0.3) is 0 Å². The molecule has 0 bridgehead atoms. The van der Waals surface area contributed by atoms with Gasteiger partial charge in [-0.2, -0.15) is 0 Å². The zero-order valence-corrected chi connectivity index (χ0v) is 17.5. The zero-order chi connectivity index (χ0) is 18.2. The highest BCUT2D eigenvalue weighted by Gasteiger charge is 2.08. The lowest BCUT2D eigenvalue weighted by molar-refractivity contribution is -0.698. The quantitative estimate of drug-likeness (QED) is 0.220. The minimum Gasteiger partial charge on any atom is -0.205 e. The second-order valence-electron chi connectivity index (χ2n) is 7.83. The van der Waals surface area contributed by atoms with E-state index in [2.05, 4.69) is 43.8 Å². The van der Waals surface area contributed by atoms with Crippen molar-refractivity contribution >= 4 is 0 Å². The van der Waals surface area contributed by atoms with E-state index in [1.165, 1.54) is 103 Å². The Morgan fingerprint density at radius 2 is 1.00 bits per heavy atom. The van der Waals surface area contributed by atoms with E-state index in [0.29, 0.717) is 0 Å². The van der Waals surface area contributed by atoms with Crippen LogP contribution in [-0.4, -0.2) is 0 Å². The van der Waals surface area contributed by atoms with Crippen LogP contribution in [0.25, 0.3) is 0 Å². The van der Waals surface area contributed by atoms with Gasteiger partial charge < -0.3 is 0 Å². The van der Waals surface area contributed by atoms with Crippen LogP contribution in [0.3, 0.4) is 0 Å². The maximum atomic E-state index is 2.50. The molecule has 1 heteroatoms. The van der Waals surface area contributed by atoms with Crippen LogP contribution in [0.1, 0.15) is 115 Å². The predicted molar refractivity (Wildman–Crippen MR) is 111 cm³/mol. The smallest absolute Gasteiger partial charge is 0.171 e. The Labute approximate surface area is 158 Å². The molecule has 0 fully saturated rings. The standard InChI is InChI=1S/C24H44N/c1-4-7-10-12-14-17-23-20-24(18-15-13-11-8-5-2)22-25(21-23)19-16-9-6-3/h20-22H,4-19H2,1-3H3/q+1. The highest BCUT2D eigenvalue weighted by molar-refractivity contribution is 5.15. The van der Waals surface area contributed by atoms with Gasteiger partial charge in [0.1, 0.15) is 6.54 Å². The van der Waals surface area contributed by atoms with Gasteiger partial charge >= 0.3 is 0 Å². The van der Waals surface area contributed by atoms with Gasteiger partial charge in [-0.05, 0) is 38.2 Å². The molecule has 1 aromatic heterocycles. The summed E-state index contributed by atoms with van der Waals surface area (Å²) in [6.45, 7) is 8.08. The first-order valence-electron chi connectivity index (χ1n) is 11.3. The Morgan fingerprint density at radius 1 is 0.560 bits per heavy atom. The fraction of sp³-hybridized carbons (Fsp3) is 0.792. The van der Waals surface area contributed by atoms with Gasteiger partial charge in [-0.3, -0.25) is 0 Å². The Hall–Kier alpha value is -0.850. The summed E-state index contributed by atoms with van der Waals surface area (Å²) >= 11 is 0. The molecule has 1 heterocycles. The van der Waals surface area contributed by atoms with Crippen LogP contribution in [0, 0.1) is 0 Å². The molecule has 0 saturated heterocycles. The molecule has 0 amide bonds. The van der Waals surface area contributed by atoms with Gasteiger partial charge in [0.2, 0.25) is 0 Å². The molecule has 25 heavy (non-hydrogen) atoms. The van der Waals surface area contributed by atoms with Gasteiger partial charge in [0.15, 0.2) is 12.4 Å². The average molecular weight is 347 g/mol. The van der Waals surface area contributed by atoms with E-state index in [4.69, 9.17) is 0 Å². The van der Waals surface area contributed by atoms with Crippen LogP contribution in [0.15, 0.2) is 18.5 Å². The molecule has 0 N–H and O–H groups in total. The van der Waals surface area contributed by atoms with Crippen molar-refractivity contribution in [1.29, 1.82) is 0 Å². The second-order valence-corrected chi connectivity index (χ2v) is 7.83. The van der Waals surface area contributed by atoms with Crippen molar-refractivity contribution in [2.75, 3.05) is 0 Å². The maximum absolute atomic E-state index is 2.50. The second kappa shape index (κ2) is 15.4. The molecule has 144 valence electrons. The molecule has 0 unspecified atom stereocenters. The van der Waals surface area contributed by atoms with Crippen LogP contribution in [-0.2, 0) is 19.4 Å². The Morgan fingerprint density at radius 3 is 1.48 bits per heavy atom. The third-order valence-corrected chi connectivity index (χ3v) is 5.19. The number of unbranched alkanes of at least 4 members (excludes halogenated alkanes) is 10. The lowest BCUT2D eigenvalue weighted by atomic mass is 10.0. The summed E-state index contributed by atoms with van der Waals surface area (Å²) in [4.78, 5) is 0. The molecule has 1 nitrogen and oxygen atoms in total. The summed E-state index contributed by atoms with van der Waals surface area (Å²) in [6.07, 6.45) is 25.1. The SMILES string of the molecule is CCCCCCCc1cc(CCCCCCC)c[n+](CCCCC)c1. The summed E-state index contributed by atoms with van der Waals surface area (Å²) in [6, 6.07) is 2.50. The molecular weight excluding hydrogens is 302 g/mol. The molecule has 0 atom stereocenters. The van der Waals surface area contributed by atoms with E-state index in [1.54, 1.807) is 11.1 Å². The number of rotatable bonds is 16. The number of aromatic nitrogens is 1. The molecule has 1 rings (SSSR count). The van der Waals surface area contributed by atoms with E-state index in [9.17, 15) is 0 Å². The van der Waals surface area contributed by atoms with Crippen LogP contribution >= 0.6 is 0 Å². The van der Waals surface area contributed by atoms with E-state index in [1.807, 2.05) is 0 Å². The van der Waals surface area contributed by atoms with Gasteiger partial charge in [0, 0.05) is 17.5 Å². The Balaban J connectivity index is 2.53. The predicted octanol–water partition coefficient (Wildman–Crippen LogP) is 7.19. The minimum atomic E-state index is 1.19. The Kier molecular flexibility index (Phi) is 13.7. The minimum absolute atomic E-state index is 1.19. The highest BCUT2D eigenvalue weighted by Crippen LogP contribution is 2.13. The first-order chi connectivity index (χ1) is 12.3. The fourth-order valence-electron chi connectivity index (χ4n) is 3.59. The first kappa shape index (κ1) is 22.2. The monoisotopic (exact) mass is 346 g/mol. The molecule has 0 aliphatic heterocycles. The van der Waals surface area contributed by atoms with Crippen molar-refractivity contribution in [1.82, 2.24) is 0 Å². The lowest BCUT2D eigenvalue weighted by Crippen LogP contribution is -2.34. The summed E-state index contributed by atoms with van der Waals surface area (Å²) < 4.78 is 2.48. The molecule has 0 spiro atoms. The lowest BCUT2D eigenvalue weighted by Gasteiger charge is -2.07. The number of nitrogens with zero attached hydrogens (tertiary/aromatic N) is 1. The Bertz CT molecular complexity index is 392. The van der Waals surface area contributed by atoms with E-state index in [0.717, 1.165) is 0 Å². The molecular formula is C24H44N+. The van der Waals surface area contributed by atoms with Crippen molar-refractivity contribution in [3.8, 4) is 0 Å². The number of hydrogen-bond donors (Lipinski definition) is 0. The molecule has 0 aliphatic rings. The number of aryl methyl sites for hydroxylation is 3. The third-order valence-electron chi connectivity index (χ3n) is 5.19. The van der Waals surface area contributed by atoms with Crippen LogP contribution in [0.5, 0.6) is 0 Å². The van der Waals surface area contributed by atoms with Crippen LogP contribution < -0.4 is 4.57 Å². The normalized spacial score (nSPS) is 11.2. The van der Waals surface area contributed by atoms with E-state index >= 15 is 0 Å². The van der Waals surface area contributed by atoms with Gasteiger partial charge in [-0.15, -0.1) is 0 Å². The van der Waals surface area contributed by atoms with Gasteiger partial charge in [-0.1, -0.05) is 78.6 Å². The first-order valence-corrected chi connectivity index (χ1v) is 11.3. The third kappa shape index (κ3) is 11.4. The highest BCUT2D eigenvalue weighted by atomic mass is 14.9. The van der Waals surface area contributed by atoms with Crippen molar-refractivity contribution in [3.05, 3.63) is 29.6 Å². The summed E-state index contributed by atoms with van der Waals surface area (Å²) in [5, 5.41) is 0. The molecule has 1 aromatic rings. The van der Waals surface area contributed by atoms with E-state index < -0.39 is 0 Å². The average Bonchev–Trinajstić information content (AvgIpc) is 2.61. The molecule has 0 saturated carbocycles. The van der Waals surface area contributed by atoms with Crippen LogP contribution in [0.4, 0.5) is 0 Å². The number of pyridine rings is 1. The van der Waals surface area contributed by atoms with Crippen molar-refractivity contribution < 1.29 is 4.57 Å². The van der Waals surface area contributed by atoms with Gasteiger partial charge in [-0.25, -0.2) is 4.57 Å². The fourth-order valence-corrected chi connectivity index (χ4v) is 3.59. The maximum Gasteiger partial charge on any atom is 0.171 e. The van der Waals surface area contributed by atoms with Crippen molar-refractivity contribution in [3.63, 3.8) is 0 Å². The largest absolute Gasteiger partial charge is 0.205 e. The van der Waals surface area contributed by atoms with E-state index in [-0.39, 0.29) is 0 Å². The van der Waals surface area contributed by atoms with Crippen molar-refractivity contribution in [2.24, 2.45) is 0 Å².